The molecule has 7 heteroatoms. The Hall–Kier alpha value is -2.96. The first kappa shape index (κ1) is 18.4. The first-order valence-corrected chi connectivity index (χ1v) is 7.95. The van der Waals surface area contributed by atoms with E-state index >= 15 is 0 Å². The number of carbonyl (C=O) groups excluding carboxylic acids is 2. The van der Waals surface area contributed by atoms with Crippen molar-refractivity contribution >= 4 is 29.0 Å². The maximum Gasteiger partial charge on any atom is 0.274 e. The molecular weight excluding hydrogens is 318 g/mol. The Labute approximate surface area is 147 Å². The largest absolute Gasteiger partial charge is 0.365 e. The van der Waals surface area contributed by atoms with E-state index in [1.807, 2.05) is 20.8 Å². The highest BCUT2D eigenvalue weighted by atomic mass is 16.2. The fourth-order valence-corrected chi connectivity index (χ4v) is 2.21. The van der Waals surface area contributed by atoms with Crippen LogP contribution in [0.1, 0.15) is 44.0 Å². The van der Waals surface area contributed by atoms with E-state index in [-0.39, 0.29) is 23.0 Å². The van der Waals surface area contributed by atoms with Crippen LogP contribution in [0, 0.1) is 6.92 Å². The summed E-state index contributed by atoms with van der Waals surface area (Å²) in [5.41, 5.74) is 1.27. The number of hydrogen-bond donors (Lipinski definition) is 3. The number of hydrogen-bond acceptors (Lipinski definition) is 5. The predicted octanol–water partition coefficient (Wildman–Crippen LogP) is 3.21. The maximum atomic E-state index is 12.5. The van der Waals surface area contributed by atoms with Crippen LogP contribution in [-0.2, 0) is 4.79 Å². The van der Waals surface area contributed by atoms with Gasteiger partial charge in [-0.2, -0.15) is 0 Å². The summed E-state index contributed by atoms with van der Waals surface area (Å²) in [5, 5.41) is 8.69. The molecule has 0 aliphatic heterocycles. The summed E-state index contributed by atoms with van der Waals surface area (Å²) >= 11 is 0. The van der Waals surface area contributed by atoms with Gasteiger partial charge in [-0.05, 0) is 45.9 Å². The third-order valence-corrected chi connectivity index (χ3v) is 3.01. The minimum Gasteiger partial charge on any atom is -0.365 e. The Morgan fingerprint density at radius 1 is 1.00 bits per heavy atom. The number of anilines is 3. The SMILES string of the molecule is CC(=O)Nc1cccc(NC(=O)c2cc(NC(C)(C)C)nc(C)n2)c1. The van der Waals surface area contributed by atoms with Crippen LogP contribution >= 0.6 is 0 Å². The van der Waals surface area contributed by atoms with Crippen LogP contribution in [0.3, 0.4) is 0 Å². The molecule has 1 aromatic carbocycles. The number of aryl methyl sites for hydroxylation is 1. The van der Waals surface area contributed by atoms with Crippen molar-refractivity contribution in [1.29, 1.82) is 0 Å². The number of amides is 2. The van der Waals surface area contributed by atoms with Gasteiger partial charge in [-0.15, -0.1) is 0 Å². The van der Waals surface area contributed by atoms with Crippen LogP contribution in [-0.4, -0.2) is 27.3 Å². The maximum absolute atomic E-state index is 12.5. The molecule has 0 atom stereocenters. The van der Waals surface area contributed by atoms with Gasteiger partial charge in [-0.25, -0.2) is 9.97 Å². The highest BCUT2D eigenvalue weighted by molar-refractivity contribution is 6.03. The molecule has 0 saturated carbocycles. The van der Waals surface area contributed by atoms with Crippen molar-refractivity contribution < 1.29 is 9.59 Å². The van der Waals surface area contributed by atoms with E-state index in [0.717, 1.165) is 0 Å². The van der Waals surface area contributed by atoms with Crippen LogP contribution in [0.15, 0.2) is 30.3 Å². The molecule has 0 aliphatic carbocycles. The summed E-state index contributed by atoms with van der Waals surface area (Å²) < 4.78 is 0. The van der Waals surface area contributed by atoms with Crippen molar-refractivity contribution in [3.05, 3.63) is 41.9 Å². The summed E-state index contributed by atoms with van der Waals surface area (Å²) in [6.45, 7) is 9.20. The van der Waals surface area contributed by atoms with Crippen LogP contribution in [0.2, 0.25) is 0 Å². The fourth-order valence-electron chi connectivity index (χ4n) is 2.21. The minimum absolute atomic E-state index is 0.173. The second kappa shape index (κ2) is 7.29. The van der Waals surface area contributed by atoms with Gasteiger partial charge >= 0.3 is 0 Å². The zero-order chi connectivity index (χ0) is 18.6. The average molecular weight is 341 g/mol. The van der Waals surface area contributed by atoms with E-state index in [1.54, 1.807) is 37.3 Å². The van der Waals surface area contributed by atoms with Gasteiger partial charge in [-0.3, -0.25) is 9.59 Å². The van der Waals surface area contributed by atoms with Gasteiger partial charge in [0, 0.05) is 29.9 Å². The zero-order valence-corrected chi connectivity index (χ0v) is 15.1. The van der Waals surface area contributed by atoms with Crippen molar-refractivity contribution in [2.45, 2.75) is 40.2 Å². The summed E-state index contributed by atoms with van der Waals surface area (Å²) in [7, 11) is 0. The Morgan fingerprint density at radius 2 is 1.64 bits per heavy atom. The van der Waals surface area contributed by atoms with Gasteiger partial charge in [0.2, 0.25) is 5.91 Å². The normalized spacial score (nSPS) is 10.9. The topological polar surface area (TPSA) is 96.0 Å². The lowest BCUT2D eigenvalue weighted by Gasteiger charge is -2.21. The smallest absolute Gasteiger partial charge is 0.274 e. The minimum atomic E-state index is -0.345. The molecule has 0 radical (unpaired) electrons. The second-order valence-electron chi connectivity index (χ2n) is 6.78. The molecule has 0 saturated heterocycles. The van der Waals surface area contributed by atoms with Gasteiger partial charge < -0.3 is 16.0 Å². The molecule has 25 heavy (non-hydrogen) atoms. The molecular formula is C18H23N5O2. The third kappa shape index (κ3) is 5.87. The van der Waals surface area contributed by atoms with E-state index in [4.69, 9.17) is 0 Å². The lowest BCUT2D eigenvalue weighted by molar-refractivity contribution is -0.114. The van der Waals surface area contributed by atoms with Crippen molar-refractivity contribution in [1.82, 2.24) is 9.97 Å². The van der Waals surface area contributed by atoms with E-state index < -0.39 is 0 Å². The molecule has 0 unspecified atom stereocenters. The van der Waals surface area contributed by atoms with E-state index in [1.165, 1.54) is 6.92 Å². The summed E-state index contributed by atoms with van der Waals surface area (Å²) in [4.78, 5) is 32.1. The van der Waals surface area contributed by atoms with Gasteiger partial charge in [0.25, 0.3) is 5.91 Å². The molecule has 2 aromatic rings. The Morgan fingerprint density at radius 3 is 2.24 bits per heavy atom. The lowest BCUT2D eigenvalue weighted by Crippen LogP contribution is -2.27. The molecule has 0 spiro atoms. The number of benzene rings is 1. The Bertz CT molecular complexity index is 796. The van der Waals surface area contributed by atoms with Gasteiger partial charge in [0.1, 0.15) is 17.3 Å². The molecule has 2 rings (SSSR count). The molecule has 1 heterocycles. The van der Waals surface area contributed by atoms with Crippen molar-refractivity contribution in [2.24, 2.45) is 0 Å². The van der Waals surface area contributed by atoms with E-state index in [9.17, 15) is 9.59 Å². The van der Waals surface area contributed by atoms with Crippen LogP contribution < -0.4 is 16.0 Å². The quantitative estimate of drug-likeness (QED) is 0.793. The van der Waals surface area contributed by atoms with Crippen LogP contribution in [0.5, 0.6) is 0 Å². The van der Waals surface area contributed by atoms with Crippen molar-refractivity contribution in [3.63, 3.8) is 0 Å². The second-order valence-corrected chi connectivity index (χ2v) is 6.78. The zero-order valence-electron chi connectivity index (χ0n) is 15.1. The Balaban J connectivity index is 2.19. The summed E-state index contributed by atoms with van der Waals surface area (Å²) in [5.74, 6) is 0.582. The number of nitrogens with one attached hydrogen (secondary N) is 3. The van der Waals surface area contributed by atoms with Crippen molar-refractivity contribution in [2.75, 3.05) is 16.0 Å². The summed E-state index contributed by atoms with van der Waals surface area (Å²) in [6.07, 6.45) is 0. The number of rotatable bonds is 4. The van der Waals surface area contributed by atoms with Crippen molar-refractivity contribution in [3.8, 4) is 0 Å². The van der Waals surface area contributed by atoms with Crippen LogP contribution in [0.4, 0.5) is 17.2 Å². The third-order valence-electron chi connectivity index (χ3n) is 3.01. The fraction of sp³-hybridized carbons (Fsp3) is 0.333. The monoisotopic (exact) mass is 341 g/mol. The lowest BCUT2D eigenvalue weighted by atomic mass is 10.1. The van der Waals surface area contributed by atoms with Gasteiger partial charge in [0.15, 0.2) is 0 Å². The molecule has 2 amide bonds. The number of nitrogens with zero attached hydrogens (tertiary/aromatic N) is 2. The van der Waals surface area contributed by atoms with E-state index in [2.05, 4.69) is 25.9 Å². The van der Waals surface area contributed by atoms with Gasteiger partial charge in [0.05, 0.1) is 0 Å². The molecule has 0 bridgehead atoms. The predicted molar refractivity (Wildman–Crippen MR) is 98.8 cm³/mol. The molecule has 132 valence electrons. The van der Waals surface area contributed by atoms with E-state index in [0.29, 0.717) is 23.0 Å². The Kier molecular flexibility index (Phi) is 5.36. The molecule has 0 aliphatic rings. The standard InChI is InChI=1S/C18H23N5O2/c1-11-19-15(10-16(20-11)23-18(3,4)5)17(25)22-14-8-6-7-13(9-14)21-12(2)24/h6-10H,1-5H3,(H,21,24)(H,22,25)(H,19,20,23). The molecule has 0 fully saturated rings. The highest BCUT2D eigenvalue weighted by Gasteiger charge is 2.15. The first-order chi connectivity index (χ1) is 11.6. The molecule has 1 aromatic heterocycles. The first-order valence-electron chi connectivity index (χ1n) is 7.95. The number of aromatic nitrogens is 2. The van der Waals surface area contributed by atoms with Crippen LogP contribution in [0.25, 0.3) is 0 Å². The average Bonchev–Trinajstić information content (AvgIpc) is 2.44. The molecule has 3 N–H and O–H groups in total. The van der Waals surface area contributed by atoms with Gasteiger partial charge in [-0.1, -0.05) is 6.07 Å². The summed E-state index contributed by atoms with van der Waals surface area (Å²) in [6, 6.07) is 8.54. The molecule has 7 nitrogen and oxygen atoms in total. The number of carbonyl (C=O) groups is 2. The highest BCUT2D eigenvalue weighted by Crippen LogP contribution is 2.17.